The second-order valence-electron chi connectivity index (χ2n) is 5.25. The summed E-state index contributed by atoms with van der Waals surface area (Å²) in [5.74, 6) is -1.04. The largest absolute Gasteiger partial charge is 0.468 e. The summed E-state index contributed by atoms with van der Waals surface area (Å²) < 4.78 is 10.6. The SMILES string of the molecule is COC(=O)CSc1nc2cc(C(=O)OC)ccc2c(=O)n1C[C@H](C)O. The molecule has 1 aromatic heterocycles. The van der Waals surface area contributed by atoms with Crippen molar-refractivity contribution in [3.8, 4) is 0 Å². The summed E-state index contributed by atoms with van der Waals surface area (Å²) in [6, 6.07) is 4.42. The zero-order chi connectivity index (χ0) is 18.6. The molecule has 0 amide bonds. The second kappa shape index (κ2) is 8.13. The fourth-order valence-electron chi connectivity index (χ4n) is 2.16. The summed E-state index contributed by atoms with van der Waals surface area (Å²) in [6.07, 6.45) is -0.774. The van der Waals surface area contributed by atoms with Gasteiger partial charge in [-0.3, -0.25) is 14.2 Å². The number of methoxy groups -OCH3 is 2. The molecule has 0 aliphatic rings. The van der Waals surface area contributed by atoms with Crippen LogP contribution in [0.3, 0.4) is 0 Å². The van der Waals surface area contributed by atoms with Crippen molar-refractivity contribution < 1.29 is 24.2 Å². The van der Waals surface area contributed by atoms with E-state index < -0.39 is 18.0 Å². The molecule has 1 heterocycles. The monoisotopic (exact) mass is 366 g/mol. The third-order valence-corrected chi connectivity index (χ3v) is 4.28. The Balaban J connectivity index is 2.58. The number of carbonyl (C=O) groups is 2. The molecule has 25 heavy (non-hydrogen) atoms. The first kappa shape index (κ1) is 18.9. The van der Waals surface area contributed by atoms with Gasteiger partial charge in [0.1, 0.15) is 0 Å². The summed E-state index contributed by atoms with van der Waals surface area (Å²) in [5.41, 5.74) is 0.205. The Hall–Kier alpha value is -2.39. The number of thioether (sulfide) groups is 1. The van der Waals surface area contributed by atoms with Crippen LogP contribution in [0, 0.1) is 0 Å². The van der Waals surface area contributed by atoms with Gasteiger partial charge in [-0.1, -0.05) is 11.8 Å². The first-order valence-electron chi connectivity index (χ1n) is 7.38. The molecule has 0 fully saturated rings. The number of nitrogens with zero attached hydrogens (tertiary/aromatic N) is 2. The lowest BCUT2D eigenvalue weighted by atomic mass is 10.1. The molecule has 0 spiro atoms. The number of benzene rings is 1. The number of aliphatic hydroxyl groups is 1. The van der Waals surface area contributed by atoms with Gasteiger partial charge in [0.25, 0.3) is 5.56 Å². The Labute approximate surface area is 147 Å². The van der Waals surface area contributed by atoms with Gasteiger partial charge in [0.05, 0.1) is 49.1 Å². The maximum atomic E-state index is 12.7. The van der Waals surface area contributed by atoms with E-state index in [0.717, 1.165) is 11.8 Å². The minimum atomic E-state index is -0.774. The van der Waals surface area contributed by atoms with Crippen molar-refractivity contribution in [2.75, 3.05) is 20.0 Å². The van der Waals surface area contributed by atoms with E-state index in [1.165, 1.54) is 37.0 Å². The Morgan fingerprint density at radius 1 is 1.32 bits per heavy atom. The number of ether oxygens (including phenoxy) is 2. The van der Waals surface area contributed by atoms with E-state index >= 15 is 0 Å². The Kier molecular flexibility index (Phi) is 6.16. The minimum absolute atomic E-state index is 0.0318. The van der Waals surface area contributed by atoms with Gasteiger partial charge >= 0.3 is 11.9 Å². The normalized spacial score (nSPS) is 12.0. The van der Waals surface area contributed by atoms with Crippen molar-refractivity contribution in [2.24, 2.45) is 0 Å². The maximum Gasteiger partial charge on any atom is 0.337 e. The van der Waals surface area contributed by atoms with Crippen LogP contribution in [0.5, 0.6) is 0 Å². The molecule has 8 nitrogen and oxygen atoms in total. The van der Waals surface area contributed by atoms with E-state index in [0.29, 0.717) is 10.9 Å². The molecule has 0 bridgehead atoms. The van der Waals surface area contributed by atoms with Gasteiger partial charge < -0.3 is 14.6 Å². The van der Waals surface area contributed by atoms with Crippen molar-refractivity contribution in [3.05, 3.63) is 34.1 Å². The topological polar surface area (TPSA) is 108 Å². The van der Waals surface area contributed by atoms with Crippen LogP contribution in [0.2, 0.25) is 0 Å². The first-order valence-corrected chi connectivity index (χ1v) is 8.36. The smallest absolute Gasteiger partial charge is 0.337 e. The lowest BCUT2D eigenvalue weighted by Crippen LogP contribution is -2.28. The fraction of sp³-hybridized carbons (Fsp3) is 0.375. The van der Waals surface area contributed by atoms with Crippen LogP contribution in [-0.2, 0) is 20.8 Å². The van der Waals surface area contributed by atoms with Gasteiger partial charge in [-0.25, -0.2) is 9.78 Å². The summed E-state index contributed by atoms with van der Waals surface area (Å²) in [6.45, 7) is 1.58. The summed E-state index contributed by atoms with van der Waals surface area (Å²) in [5, 5.41) is 10.2. The number of hydrogen-bond donors (Lipinski definition) is 1. The van der Waals surface area contributed by atoms with Crippen LogP contribution < -0.4 is 5.56 Å². The van der Waals surface area contributed by atoms with Crippen molar-refractivity contribution in [1.29, 1.82) is 0 Å². The Morgan fingerprint density at radius 2 is 2.04 bits per heavy atom. The summed E-state index contributed by atoms with van der Waals surface area (Å²) >= 11 is 1.02. The van der Waals surface area contributed by atoms with E-state index in [4.69, 9.17) is 0 Å². The highest BCUT2D eigenvalue weighted by molar-refractivity contribution is 7.99. The molecule has 1 atom stereocenters. The quantitative estimate of drug-likeness (QED) is 0.455. The molecule has 0 aliphatic heterocycles. The summed E-state index contributed by atoms with van der Waals surface area (Å²) in [4.78, 5) is 40.1. The highest BCUT2D eigenvalue weighted by Gasteiger charge is 2.16. The third-order valence-electron chi connectivity index (χ3n) is 3.33. The number of aliphatic hydroxyl groups excluding tert-OH is 1. The van der Waals surface area contributed by atoms with Crippen LogP contribution in [0.1, 0.15) is 17.3 Å². The lowest BCUT2D eigenvalue weighted by molar-refractivity contribution is -0.137. The highest BCUT2D eigenvalue weighted by Crippen LogP contribution is 2.19. The molecule has 1 N–H and O–H groups in total. The molecule has 2 rings (SSSR count). The molecular formula is C16H18N2O6S. The number of rotatable bonds is 6. The van der Waals surface area contributed by atoms with E-state index in [9.17, 15) is 19.5 Å². The fourth-order valence-corrected chi connectivity index (χ4v) is 3.00. The third kappa shape index (κ3) is 4.37. The van der Waals surface area contributed by atoms with E-state index in [1.54, 1.807) is 6.92 Å². The van der Waals surface area contributed by atoms with Crippen molar-refractivity contribution in [2.45, 2.75) is 24.7 Å². The van der Waals surface area contributed by atoms with E-state index in [2.05, 4.69) is 14.5 Å². The zero-order valence-corrected chi connectivity index (χ0v) is 14.8. The van der Waals surface area contributed by atoms with E-state index in [1.807, 2.05) is 0 Å². The van der Waals surface area contributed by atoms with Gasteiger partial charge in [-0.15, -0.1) is 0 Å². The Bertz CT molecular complexity index is 862. The van der Waals surface area contributed by atoms with E-state index in [-0.39, 0.29) is 28.6 Å². The zero-order valence-electron chi connectivity index (χ0n) is 14.0. The molecule has 2 aromatic rings. The molecule has 9 heteroatoms. The van der Waals surface area contributed by atoms with Gasteiger partial charge in [0, 0.05) is 0 Å². The molecule has 0 unspecified atom stereocenters. The Morgan fingerprint density at radius 3 is 2.64 bits per heavy atom. The van der Waals surface area contributed by atoms with Crippen LogP contribution in [0.15, 0.2) is 28.2 Å². The summed E-state index contributed by atoms with van der Waals surface area (Å²) in [7, 11) is 2.53. The molecule has 1 aromatic carbocycles. The maximum absolute atomic E-state index is 12.7. The van der Waals surface area contributed by atoms with Crippen LogP contribution in [0.4, 0.5) is 0 Å². The van der Waals surface area contributed by atoms with Gasteiger partial charge in [-0.2, -0.15) is 0 Å². The van der Waals surface area contributed by atoms with Crippen molar-refractivity contribution in [3.63, 3.8) is 0 Å². The van der Waals surface area contributed by atoms with Crippen LogP contribution in [0.25, 0.3) is 10.9 Å². The average Bonchev–Trinajstić information content (AvgIpc) is 2.60. The number of fused-ring (bicyclic) bond motifs is 1. The molecule has 0 saturated carbocycles. The number of hydrogen-bond acceptors (Lipinski definition) is 8. The predicted molar refractivity (Wildman–Crippen MR) is 91.8 cm³/mol. The minimum Gasteiger partial charge on any atom is -0.468 e. The number of esters is 2. The molecule has 134 valence electrons. The predicted octanol–water partition coefficient (Wildman–Crippen LogP) is 0.829. The molecular weight excluding hydrogens is 348 g/mol. The first-order chi connectivity index (χ1) is 11.9. The van der Waals surface area contributed by atoms with Crippen LogP contribution >= 0.6 is 11.8 Å². The standard InChI is InChI=1S/C16H18N2O6S/c1-9(19)7-18-14(21)11-5-4-10(15(22)24-3)6-12(11)17-16(18)25-8-13(20)23-2/h4-6,9,19H,7-8H2,1-3H3/t9-/m0/s1. The highest BCUT2D eigenvalue weighted by atomic mass is 32.2. The van der Waals surface area contributed by atoms with Crippen LogP contribution in [-0.4, -0.2) is 52.7 Å². The molecule has 0 radical (unpaired) electrons. The lowest BCUT2D eigenvalue weighted by Gasteiger charge is -2.14. The van der Waals surface area contributed by atoms with Crippen molar-refractivity contribution in [1.82, 2.24) is 9.55 Å². The van der Waals surface area contributed by atoms with Crippen molar-refractivity contribution >= 4 is 34.6 Å². The van der Waals surface area contributed by atoms with Gasteiger partial charge in [0.2, 0.25) is 0 Å². The number of aromatic nitrogens is 2. The number of carbonyl (C=O) groups excluding carboxylic acids is 2. The molecule has 0 saturated heterocycles. The van der Waals surface area contributed by atoms with Gasteiger partial charge in [0.15, 0.2) is 5.16 Å². The second-order valence-corrected chi connectivity index (χ2v) is 6.19. The average molecular weight is 366 g/mol. The van der Waals surface area contributed by atoms with Gasteiger partial charge in [-0.05, 0) is 25.1 Å². The molecule has 0 aliphatic carbocycles.